The molecule has 26 heavy (non-hydrogen) atoms. The number of benzene rings is 2. The van der Waals surface area contributed by atoms with Gasteiger partial charge in [0, 0.05) is 12.1 Å². The minimum Gasteiger partial charge on any atom is -0.351 e. The average molecular weight is 358 g/mol. The zero-order valence-electron chi connectivity index (χ0n) is 13.7. The highest BCUT2D eigenvalue weighted by Gasteiger charge is 2.17. The SMILES string of the molecule is N#Cc1c(-c2ccccc2)nc(NCc2ccccc2)n2c(=S)[nH]nc12. The highest BCUT2D eigenvalue weighted by atomic mass is 32.1. The Morgan fingerprint density at radius 2 is 1.77 bits per heavy atom. The maximum Gasteiger partial charge on any atom is 0.211 e. The van der Waals surface area contributed by atoms with Crippen molar-refractivity contribution in [1.82, 2.24) is 19.6 Å². The minimum atomic E-state index is 0.383. The van der Waals surface area contributed by atoms with Gasteiger partial charge in [0.2, 0.25) is 10.7 Å². The van der Waals surface area contributed by atoms with Crippen LogP contribution < -0.4 is 5.32 Å². The molecule has 126 valence electrons. The van der Waals surface area contributed by atoms with Crippen LogP contribution in [0, 0.1) is 16.1 Å². The predicted octanol–water partition coefficient (Wildman–Crippen LogP) is 3.94. The van der Waals surface area contributed by atoms with Crippen molar-refractivity contribution in [2.24, 2.45) is 0 Å². The number of fused-ring (bicyclic) bond motifs is 1. The van der Waals surface area contributed by atoms with Gasteiger partial charge in [0.25, 0.3) is 0 Å². The van der Waals surface area contributed by atoms with E-state index in [9.17, 15) is 5.26 Å². The van der Waals surface area contributed by atoms with Crippen molar-refractivity contribution in [1.29, 1.82) is 5.26 Å². The molecule has 2 heterocycles. The first kappa shape index (κ1) is 16.0. The van der Waals surface area contributed by atoms with E-state index in [1.165, 1.54) is 0 Å². The third-order valence-electron chi connectivity index (χ3n) is 4.01. The van der Waals surface area contributed by atoms with Crippen LogP contribution in [0.5, 0.6) is 0 Å². The van der Waals surface area contributed by atoms with Crippen molar-refractivity contribution in [3.63, 3.8) is 0 Å². The fourth-order valence-electron chi connectivity index (χ4n) is 2.78. The van der Waals surface area contributed by atoms with Crippen LogP contribution in [0.2, 0.25) is 0 Å². The first-order chi connectivity index (χ1) is 12.8. The number of rotatable bonds is 4. The summed E-state index contributed by atoms with van der Waals surface area (Å²) in [7, 11) is 0. The number of anilines is 1. The lowest BCUT2D eigenvalue weighted by atomic mass is 10.1. The molecule has 0 aliphatic rings. The Kier molecular flexibility index (Phi) is 4.17. The van der Waals surface area contributed by atoms with Gasteiger partial charge in [-0.3, -0.25) is 5.10 Å². The second-order valence-corrected chi connectivity index (χ2v) is 6.05. The number of nitrogens with one attached hydrogen (secondary N) is 2. The summed E-state index contributed by atoms with van der Waals surface area (Å²) in [6.45, 7) is 0.579. The Bertz CT molecular complexity index is 1160. The Morgan fingerprint density at radius 1 is 1.08 bits per heavy atom. The molecule has 2 N–H and O–H groups in total. The summed E-state index contributed by atoms with van der Waals surface area (Å²) < 4.78 is 2.04. The topological polar surface area (TPSA) is 81.8 Å². The summed E-state index contributed by atoms with van der Waals surface area (Å²) >= 11 is 5.33. The Morgan fingerprint density at radius 3 is 2.46 bits per heavy atom. The molecule has 0 aliphatic carbocycles. The van der Waals surface area contributed by atoms with Crippen LogP contribution in [0.1, 0.15) is 11.1 Å². The van der Waals surface area contributed by atoms with Crippen LogP contribution in [0.15, 0.2) is 60.7 Å². The molecule has 2 aromatic carbocycles. The monoisotopic (exact) mass is 358 g/mol. The zero-order valence-corrected chi connectivity index (χ0v) is 14.5. The zero-order chi connectivity index (χ0) is 17.9. The van der Waals surface area contributed by atoms with E-state index in [2.05, 4.69) is 21.6 Å². The molecule has 0 fully saturated rings. The highest BCUT2D eigenvalue weighted by molar-refractivity contribution is 7.71. The predicted molar refractivity (Wildman–Crippen MR) is 102 cm³/mol. The van der Waals surface area contributed by atoms with Crippen molar-refractivity contribution in [3.05, 3.63) is 76.6 Å². The Hall–Kier alpha value is -3.50. The smallest absolute Gasteiger partial charge is 0.211 e. The summed E-state index contributed by atoms with van der Waals surface area (Å²) in [5, 5.41) is 20.0. The second kappa shape index (κ2) is 6.78. The molecule has 0 spiro atoms. The lowest BCUT2D eigenvalue weighted by molar-refractivity contribution is 0.997. The molecule has 2 aromatic heterocycles. The van der Waals surface area contributed by atoms with Crippen molar-refractivity contribution < 1.29 is 0 Å². The van der Waals surface area contributed by atoms with E-state index in [4.69, 9.17) is 17.2 Å². The molecular formula is C19H14N6S. The van der Waals surface area contributed by atoms with Gasteiger partial charge in [-0.25, -0.2) is 9.38 Å². The van der Waals surface area contributed by atoms with Gasteiger partial charge >= 0.3 is 0 Å². The van der Waals surface area contributed by atoms with Crippen molar-refractivity contribution >= 4 is 23.8 Å². The molecule has 0 radical (unpaired) electrons. The summed E-state index contributed by atoms with van der Waals surface area (Å²) in [5.74, 6) is 0.542. The number of hydrogen-bond donors (Lipinski definition) is 2. The third kappa shape index (κ3) is 2.83. The van der Waals surface area contributed by atoms with Gasteiger partial charge in [0.15, 0.2) is 5.65 Å². The lowest BCUT2D eigenvalue weighted by Crippen LogP contribution is -2.09. The molecule has 6 nitrogen and oxygen atoms in total. The molecular weight excluding hydrogens is 344 g/mol. The fraction of sp³-hybridized carbons (Fsp3) is 0.0526. The van der Waals surface area contributed by atoms with Gasteiger partial charge < -0.3 is 5.32 Å². The van der Waals surface area contributed by atoms with E-state index in [0.717, 1.165) is 11.1 Å². The quantitative estimate of drug-likeness (QED) is 0.540. The van der Waals surface area contributed by atoms with Crippen LogP contribution in [0.4, 0.5) is 5.95 Å². The molecule has 0 aliphatic heterocycles. The van der Waals surface area contributed by atoms with Crippen molar-refractivity contribution in [3.8, 4) is 17.3 Å². The largest absolute Gasteiger partial charge is 0.351 e. The summed E-state index contributed by atoms with van der Waals surface area (Å²) in [5.41, 5.74) is 3.38. The highest BCUT2D eigenvalue weighted by Crippen LogP contribution is 2.26. The minimum absolute atomic E-state index is 0.383. The van der Waals surface area contributed by atoms with E-state index in [0.29, 0.717) is 34.2 Å². The molecule has 4 rings (SSSR count). The first-order valence-electron chi connectivity index (χ1n) is 8.02. The second-order valence-electron chi connectivity index (χ2n) is 5.66. The van der Waals surface area contributed by atoms with E-state index < -0.39 is 0 Å². The number of nitriles is 1. The standard InChI is InChI=1S/C19H14N6S/c20-11-15-16(14-9-5-2-6-10-14)22-18(25-17(15)23-24-19(25)26)21-12-13-7-3-1-4-8-13/h1-10H,12H2,(H,21,22)(H,24,26). The van der Waals surface area contributed by atoms with Gasteiger partial charge in [-0.2, -0.15) is 10.4 Å². The van der Waals surface area contributed by atoms with Crippen LogP contribution in [-0.2, 0) is 6.54 Å². The van der Waals surface area contributed by atoms with E-state index in [1.54, 1.807) is 4.40 Å². The molecule has 0 bridgehead atoms. The number of nitrogens with zero attached hydrogens (tertiary/aromatic N) is 4. The molecule has 0 atom stereocenters. The van der Waals surface area contributed by atoms with Crippen LogP contribution in [-0.4, -0.2) is 19.6 Å². The molecule has 7 heteroatoms. The van der Waals surface area contributed by atoms with Crippen molar-refractivity contribution in [2.45, 2.75) is 6.54 Å². The van der Waals surface area contributed by atoms with Crippen LogP contribution >= 0.6 is 12.2 Å². The van der Waals surface area contributed by atoms with E-state index >= 15 is 0 Å². The molecule has 0 amide bonds. The lowest BCUT2D eigenvalue weighted by Gasteiger charge is -2.12. The molecule has 0 unspecified atom stereocenters. The molecule has 4 aromatic rings. The van der Waals surface area contributed by atoms with Gasteiger partial charge in [0.1, 0.15) is 11.6 Å². The van der Waals surface area contributed by atoms with E-state index in [1.807, 2.05) is 60.7 Å². The normalized spacial score (nSPS) is 10.6. The number of H-pyrrole nitrogens is 1. The number of aromatic nitrogens is 4. The average Bonchev–Trinajstić information content (AvgIpc) is 3.09. The number of hydrogen-bond acceptors (Lipinski definition) is 5. The third-order valence-corrected chi connectivity index (χ3v) is 4.29. The maximum atomic E-state index is 9.67. The maximum absolute atomic E-state index is 9.67. The van der Waals surface area contributed by atoms with Crippen LogP contribution in [0.25, 0.3) is 16.9 Å². The first-order valence-corrected chi connectivity index (χ1v) is 8.43. The van der Waals surface area contributed by atoms with Gasteiger partial charge in [-0.1, -0.05) is 60.7 Å². The molecule has 0 saturated heterocycles. The summed E-state index contributed by atoms with van der Waals surface area (Å²) in [4.78, 5) is 4.69. The summed E-state index contributed by atoms with van der Waals surface area (Å²) in [6, 6.07) is 21.8. The Labute approximate surface area is 154 Å². The molecule has 0 saturated carbocycles. The van der Waals surface area contributed by atoms with Gasteiger partial charge in [0.05, 0.1) is 5.69 Å². The fourth-order valence-corrected chi connectivity index (χ4v) is 3.00. The van der Waals surface area contributed by atoms with Gasteiger partial charge in [-0.05, 0) is 17.8 Å². The Balaban J connectivity index is 1.88. The van der Waals surface area contributed by atoms with Crippen LogP contribution in [0.3, 0.4) is 0 Å². The summed E-state index contributed by atoms with van der Waals surface area (Å²) in [6.07, 6.45) is 0. The van der Waals surface area contributed by atoms with Gasteiger partial charge in [-0.15, -0.1) is 0 Å². The van der Waals surface area contributed by atoms with E-state index in [-0.39, 0.29) is 0 Å². The van der Waals surface area contributed by atoms with Crippen molar-refractivity contribution in [2.75, 3.05) is 5.32 Å². The number of aromatic amines is 1.